The van der Waals surface area contributed by atoms with Gasteiger partial charge in [0.25, 0.3) is 0 Å². The Bertz CT molecular complexity index is 281. The summed E-state index contributed by atoms with van der Waals surface area (Å²) < 4.78 is 7.49. The summed E-state index contributed by atoms with van der Waals surface area (Å²) in [5.74, 6) is 1.70. The van der Waals surface area contributed by atoms with E-state index < -0.39 is 0 Å². The summed E-state index contributed by atoms with van der Waals surface area (Å²) in [6, 6.07) is 0. The molecule has 0 radical (unpaired) electrons. The largest absolute Gasteiger partial charge is 0.490 e. The van der Waals surface area contributed by atoms with E-state index in [4.69, 9.17) is 4.74 Å². The zero-order chi connectivity index (χ0) is 9.80. The molecule has 1 aromatic rings. The smallest absolute Gasteiger partial charge is 0.157 e. The molecule has 1 aromatic heterocycles. The quantitative estimate of drug-likeness (QED) is 0.732. The average molecular weight is 195 g/mol. The topological polar surface area (TPSA) is 39.1 Å². The molecule has 78 valence electrons. The van der Waals surface area contributed by atoms with E-state index in [-0.39, 0.29) is 0 Å². The minimum Gasteiger partial charge on any atom is -0.490 e. The lowest BCUT2D eigenvalue weighted by Crippen LogP contribution is -2.14. The first-order valence-electron chi connectivity index (χ1n) is 5.18. The Hall–Kier alpha value is -1.03. The summed E-state index contributed by atoms with van der Waals surface area (Å²) in [6.45, 7) is 2.69. The van der Waals surface area contributed by atoms with E-state index in [0.29, 0.717) is 0 Å². The van der Waals surface area contributed by atoms with E-state index in [9.17, 15) is 0 Å². The second-order valence-electron chi connectivity index (χ2n) is 3.80. The maximum Gasteiger partial charge on any atom is 0.157 e. The second kappa shape index (κ2) is 4.46. The van der Waals surface area contributed by atoms with Gasteiger partial charge < -0.3 is 10.1 Å². The highest BCUT2D eigenvalue weighted by Crippen LogP contribution is 2.29. The van der Waals surface area contributed by atoms with E-state index >= 15 is 0 Å². The zero-order valence-electron chi connectivity index (χ0n) is 8.57. The molecule has 1 saturated carbocycles. The predicted octanol–water partition coefficient (Wildman–Crippen LogP) is 0.891. The number of hydrogen-bond donors (Lipinski definition) is 1. The maximum atomic E-state index is 5.59. The van der Waals surface area contributed by atoms with Crippen LogP contribution in [0.3, 0.4) is 0 Å². The SMILES string of the molecule is CNCCn1cc(OCC2CC2)cn1. The highest BCUT2D eigenvalue weighted by Gasteiger charge is 2.22. The number of nitrogens with zero attached hydrogens (tertiary/aromatic N) is 2. The van der Waals surface area contributed by atoms with Crippen LogP contribution in [0, 0.1) is 5.92 Å². The molecule has 0 aliphatic heterocycles. The molecular weight excluding hydrogens is 178 g/mol. The molecule has 0 spiro atoms. The van der Waals surface area contributed by atoms with Crippen molar-refractivity contribution in [3.63, 3.8) is 0 Å². The number of aromatic nitrogens is 2. The van der Waals surface area contributed by atoms with Crippen molar-refractivity contribution in [3.8, 4) is 5.75 Å². The monoisotopic (exact) mass is 195 g/mol. The van der Waals surface area contributed by atoms with Crippen LogP contribution in [0.15, 0.2) is 12.4 Å². The van der Waals surface area contributed by atoms with Gasteiger partial charge in [0.05, 0.1) is 25.5 Å². The van der Waals surface area contributed by atoms with Crippen molar-refractivity contribution in [2.24, 2.45) is 5.92 Å². The van der Waals surface area contributed by atoms with Gasteiger partial charge in [-0.1, -0.05) is 0 Å². The average Bonchev–Trinajstić information content (AvgIpc) is 2.92. The number of ether oxygens (including phenoxy) is 1. The summed E-state index contributed by atoms with van der Waals surface area (Å²) in [5.41, 5.74) is 0. The van der Waals surface area contributed by atoms with Crippen LogP contribution >= 0.6 is 0 Å². The lowest BCUT2D eigenvalue weighted by atomic mass is 10.5. The van der Waals surface area contributed by atoms with Gasteiger partial charge in [-0.15, -0.1) is 0 Å². The standard InChI is InChI=1S/C10H17N3O/c1-11-4-5-13-7-10(6-12-13)14-8-9-2-3-9/h6-7,9,11H,2-5,8H2,1H3. The van der Waals surface area contributed by atoms with Gasteiger partial charge >= 0.3 is 0 Å². The summed E-state index contributed by atoms with van der Waals surface area (Å²) in [7, 11) is 1.94. The van der Waals surface area contributed by atoms with Crippen molar-refractivity contribution in [2.75, 3.05) is 20.2 Å². The molecule has 1 N–H and O–H groups in total. The summed E-state index contributed by atoms with van der Waals surface area (Å²) in [4.78, 5) is 0. The van der Waals surface area contributed by atoms with Gasteiger partial charge in [0.2, 0.25) is 0 Å². The molecule has 0 unspecified atom stereocenters. The molecule has 4 heteroatoms. The van der Waals surface area contributed by atoms with Crippen molar-refractivity contribution >= 4 is 0 Å². The fourth-order valence-electron chi connectivity index (χ4n) is 1.27. The molecule has 1 fully saturated rings. The second-order valence-corrected chi connectivity index (χ2v) is 3.80. The molecule has 0 atom stereocenters. The van der Waals surface area contributed by atoms with Gasteiger partial charge in [-0.3, -0.25) is 4.68 Å². The van der Waals surface area contributed by atoms with Gasteiger partial charge in [-0.05, 0) is 25.8 Å². The van der Waals surface area contributed by atoms with Gasteiger partial charge in [-0.25, -0.2) is 0 Å². The van der Waals surface area contributed by atoms with Crippen LogP contribution in [0.1, 0.15) is 12.8 Å². The Morgan fingerprint density at radius 3 is 3.21 bits per heavy atom. The van der Waals surface area contributed by atoms with Crippen LogP contribution in [0.4, 0.5) is 0 Å². The van der Waals surface area contributed by atoms with Crippen LogP contribution in [-0.4, -0.2) is 30.0 Å². The van der Waals surface area contributed by atoms with E-state index in [1.165, 1.54) is 12.8 Å². The van der Waals surface area contributed by atoms with Crippen LogP contribution < -0.4 is 10.1 Å². The molecule has 4 nitrogen and oxygen atoms in total. The summed E-state index contributed by atoms with van der Waals surface area (Å²) >= 11 is 0. The first-order chi connectivity index (χ1) is 6.88. The third-order valence-corrected chi connectivity index (χ3v) is 2.38. The summed E-state index contributed by atoms with van der Waals surface area (Å²) in [5, 5.41) is 7.29. The molecule has 0 saturated heterocycles. The third-order valence-electron chi connectivity index (χ3n) is 2.38. The molecule has 1 aliphatic rings. The molecular formula is C10H17N3O. The number of hydrogen-bond acceptors (Lipinski definition) is 3. The van der Waals surface area contributed by atoms with Crippen LogP contribution in [0.5, 0.6) is 5.75 Å². The first kappa shape index (κ1) is 9.52. The minimum atomic E-state index is 0.802. The molecule has 1 heterocycles. The lowest BCUT2D eigenvalue weighted by molar-refractivity contribution is 0.299. The van der Waals surface area contributed by atoms with Crippen molar-refractivity contribution in [2.45, 2.75) is 19.4 Å². The fraction of sp³-hybridized carbons (Fsp3) is 0.700. The van der Waals surface area contributed by atoms with Crippen molar-refractivity contribution in [1.82, 2.24) is 15.1 Å². The Labute approximate surface area is 84.3 Å². The molecule has 2 rings (SSSR count). The molecule has 0 amide bonds. The number of rotatable bonds is 6. The highest BCUT2D eigenvalue weighted by atomic mass is 16.5. The predicted molar refractivity (Wildman–Crippen MR) is 54.4 cm³/mol. The maximum absolute atomic E-state index is 5.59. The van der Waals surface area contributed by atoms with E-state index in [2.05, 4.69) is 10.4 Å². The van der Waals surface area contributed by atoms with Crippen molar-refractivity contribution < 1.29 is 4.74 Å². The fourth-order valence-corrected chi connectivity index (χ4v) is 1.27. The zero-order valence-corrected chi connectivity index (χ0v) is 8.57. The Morgan fingerprint density at radius 1 is 1.64 bits per heavy atom. The van der Waals surface area contributed by atoms with E-state index in [1.807, 2.05) is 17.9 Å². The van der Waals surface area contributed by atoms with Crippen LogP contribution in [0.2, 0.25) is 0 Å². The molecule has 14 heavy (non-hydrogen) atoms. The number of nitrogens with one attached hydrogen (secondary N) is 1. The Kier molecular flexibility index (Phi) is 3.03. The van der Waals surface area contributed by atoms with E-state index in [1.54, 1.807) is 6.20 Å². The normalized spacial score (nSPS) is 15.8. The van der Waals surface area contributed by atoms with Gasteiger partial charge in [-0.2, -0.15) is 5.10 Å². The Morgan fingerprint density at radius 2 is 2.50 bits per heavy atom. The van der Waals surface area contributed by atoms with Crippen molar-refractivity contribution in [1.29, 1.82) is 0 Å². The lowest BCUT2D eigenvalue weighted by Gasteiger charge is -2.00. The molecule has 1 aliphatic carbocycles. The van der Waals surface area contributed by atoms with Gasteiger partial charge in [0, 0.05) is 6.54 Å². The minimum absolute atomic E-state index is 0.802. The van der Waals surface area contributed by atoms with E-state index in [0.717, 1.165) is 31.4 Å². The van der Waals surface area contributed by atoms with Crippen LogP contribution in [0.25, 0.3) is 0 Å². The summed E-state index contributed by atoms with van der Waals surface area (Å²) in [6.07, 6.45) is 6.40. The molecule has 0 bridgehead atoms. The highest BCUT2D eigenvalue weighted by molar-refractivity contribution is 5.11. The van der Waals surface area contributed by atoms with Crippen molar-refractivity contribution in [3.05, 3.63) is 12.4 Å². The van der Waals surface area contributed by atoms with Crippen LogP contribution in [-0.2, 0) is 6.54 Å². The first-order valence-corrected chi connectivity index (χ1v) is 5.18. The third kappa shape index (κ3) is 2.73. The number of likely N-dealkylation sites (N-methyl/N-ethyl adjacent to an activating group) is 1. The van der Waals surface area contributed by atoms with Gasteiger partial charge in [0.1, 0.15) is 0 Å². The molecule has 0 aromatic carbocycles. The van der Waals surface area contributed by atoms with Gasteiger partial charge in [0.15, 0.2) is 5.75 Å². The Balaban J connectivity index is 1.76.